The Balaban J connectivity index is 0.00000392. The topological polar surface area (TPSA) is 94.8 Å². The molecule has 2 rings (SSSR count). The van der Waals surface area contributed by atoms with Crippen molar-refractivity contribution in [2.45, 2.75) is 26.4 Å². The Bertz CT molecular complexity index is 741. The summed E-state index contributed by atoms with van der Waals surface area (Å²) in [6.07, 6.45) is 2.59. The van der Waals surface area contributed by atoms with Gasteiger partial charge in [0.15, 0.2) is 5.96 Å². The highest BCUT2D eigenvalue weighted by molar-refractivity contribution is 14.0. The lowest BCUT2D eigenvalue weighted by Gasteiger charge is -2.17. The van der Waals surface area contributed by atoms with Crippen molar-refractivity contribution in [2.75, 3.05) is 34.9 Å². The Morgan fingerprint density at radius 2 is 1.79 bits per heavy atom. The van der Waals surface area contributed by atoms with Crippen LogP contribution in [-0.2, 0) is 19.5 Å². The molecule has 9 nitrogen and oxygen atoms in total. The van der Waals surface area contributed by atoms with Gasteiger partial charge in [0.25, 0.3) is 0 Å². The van der Waals surface area contributed by atoms with E-state index in [1.165, 1.54) is 0 Å². The van der Waals surface area contributed by atoms with Crippen LogP contribution in [0.15, 0.2) is 23.5 Å². The third-order valence-corrected chi connectivity index (χ3v) is 4.13. The number of methoxy groups -OCH3 is 3. The van der Waals surface area contributed by atoms with Crippen LogP contribution in [0.2, 0.25) is 0 Å². The van der Waals surface area contributed by atoms with Crippen LogP contribution in [0.5, 0.6) is 17.2 Å². The van der Waals surface area contributed by atoms with Crippen LogP contribution in [0.1, 0.15) is 18.3 Å². The van der Waals surface area contributed by atoms with Gasteiger partial charge >= 0.3 is 0 Å². The van der Waals surface area contributed by atoms with Crippen molar-refractivity contribution in [3.8, 4) is 17.2 Å². The van der Waals surface area contributed by atoms with Gasteiger partial charge in [-0.3, -0.25) is 4.99 Å². The van der Waals surface area contributed by atoms with Crippen molar-refractivity contribution in [3.05, 3.63) is 29.8 Å². The highest BCUT2D eigenvalue weighted by atomic mass is 127. The highest BCUT2D eigenvalue weighted by Gasteiger charge is 2.13. The van der Waals surface area contributed by atoms with E-state index in [1.54, 1.807) is 34.7 Å². The van der Waals surface area contributed by atoms with E-state index in [9.17, 15) is 0 Å². The van der Waals surface area contributed by atoms with E-state index in [1.807, 2.05) is 16.7 Å². The number of nitrogens with one attached hydrogen (secondary N) is 2. The number of halogens is 1. The minimum Gasteiger partial charge on any atom is -0.496 e. The van der Waals surface area contributed by atoms with Crippen LogP contribution in [-0.4, -0.2) is 55.6 Å². The minimum atomic E-state index is 0. The van der Waals surface area contributed by atoms with Crippen molar-refractivity contribution in [3.63, 3.8) is 0 Å². The third-order valence-electron chi connectivity index (χ3n) is 4.13. The van der Waals surface area contributed by atoms with E-state index in [-0.39, 0.29) is 24.0 Å². The fraction of sp³-hybridized carbons (Fsp3) is 0.500. The number of hydrogen-bond donors (Lipinski definition) is 2. The van der Waals surface area contributed by atoms with Gasteiger partial charge in [-0.25, -0.2) is 0 Å². The number of ether oxygens (including phenoxy) is 3. The molecule has 0 saturated heterocycles. The van der Waals surface area contributed by atoms with Crippen molar-refractivity contribution >= 4 is 29.9 Å². The van der Waals surface area contributed by atoms with Gasteiger partial charge < -0.3 is 29.4 Å². The fourth-order valence-corrected chi connectivity index (χ4v) is 2.68. The van der Waals surface area contributed by atoms with Gasteiger partial charge in [0.1, 0.15) is 29.4 Å². The first-order chi connectivity index (χ1) is 13.2. The smallest absolute Gasteiger partial charge is 0.191 e. The summed E-state index contributed by atoms with van der Waals surface area (Å²) in [6.45, 7) is 4.00. The molecule has 2 N–H and O–H groups in total. The molecule has 0 aliphatic carbocycles. The van der Waals surface area contributed by atoms with E-state index in [4.69, 9.17) is 14.2 Å². The quantitative estimate of drug-likeness (QED) is 0.306. The average Bonchev–Trinajstić information content (AvgIpc) is 3.17. The summed E-state index contributed by atoms with van der Waals surface area (Å²) in [5.74, 6) is 3.70. The minimum absolute atomic E-state index is 0. The summed E-state index contributed by atoms with van der Waals surface area (Å²) in [7, 11) is 6.58. The van der Waals surface area contributed by atoms with Crippen molar-refractivity contribution < 1.29 is 14.2 Å². The van der Waals surface area contributed by atoms with Crippen LogP contribution in [0.25, 0.3) is 0 Å². The molecule has 0 unspecified atom stereocenters. The summed E-state index contributed by atoms with van der Waals surface area (Å²) in [4.78, 5) is 4.26. The van der Waals surface area contributed by atoms with Gasteiger partial charge in [-0.05, 0) is 0 Å². The van der Waals surface area contributed by atoms with Crippen molar-refractivity contribution in [1.82, 2.24) is 25.4 Å². The molecule has 0 aliphatic heterocycles. The number of aliphatic imine (C=N–C) groups is 1. The summed E-state index contributed by atoms with van der Waals surface area (Å²) in [5.41, 5.74) is 0.885. The second-order valence-electron chi connectivity index (χ2n) is 5.66. The molecule has 0 radical (unpaired) electrons. The first-order valence-corrected chi connectivity index (χ1v) is 8.76. The largest absolute Gasteiger partial charge is 0.496 e. The first kappa shape index (κ1) is 23.8. The summed E-state index contributed by atoms with van der Waals surface area (Å²) in [5, 5.41) is 14.6. The SMILES string of the molecule is CCc1nncn1CCNC(=NC)NCc1c(OC)cc(OC)cc1OC.I. The maximum atomic E-state index is 5.47. The molecule has 0 amide bonds. The molecule has 0 bridgehead atoms. The fourth-order valence-electron chi connectivity index (χ4n) is 2.68. The zero-order chi connectivity index (χ0) is 19.6. The Morgan fingerprint density at radius 1 is 1.11 bits per heavy atom. The Morgan fingerprint density at radius 3 is 2.32 bits per heavy atom. The van der Waals surface area contributed by atoms with Gasteiger partial charge in [-0.2, -0.15) is 0 Å². The predicted molar refractivity (Wildman–Crippen MR) is 119 cm³/mol. The number of guanidine groups is 1. The van der Waals surface area contributed by atoms with Crippen LogP contribution in [0.4, 0.5) is 0 Å². The summed E-state index contributed by atoms with van der Waals surface area (Å²) in [6, 6.07) is 3.65. The lowest BCUT2D eigenvalue weighted by molar-refractivity contribution is 0.368. The summed E-state index contributed by atoms with van der Waals surface area (Å²) < 4.78 is 18.3. The molecule has 0 saturated carbocycles. The van der Waals surface area contributed by atoms with Crippen LogP contribution in [0.3, 0.4) is 0 Å². The predicted octanol–water partition coefficient (Wildman–Crippen LogP) is 1.85. The van der Waals surface area contributed by atoms with Crippen LogP contribution in [0, 0.1) is 0 Å². The van der Waals surface area contributed by atoms with Gasteiger partial charge in [-0.1, -0.05) is 6.92 Å². The molecule has 1 aromatic carbocycles. The van der Waals surface area contributed by atoms with Gasteiger partial charge in [0, 0.05) is 38.7 Å². The van der Waals surface area contributed by atoms with Crippen molar-refractivity contribution in [2.24, 2.45) is 4.99 Å². The second kappa shape index (κ2) is 12.3. The molecule has 2 aromatic rings. The van der Waals surface area contributed by atoms with Gasteiger partial charge in [0.2, 0.25) is 0 Å². The summed E-state index contributed by atoms with van der Waals surface area (Å²) >= 11 is 0. The molecule has 0 aliphatic rings. The normalized spacial score (nSPS) is 10.8. The highest BCUT2D eigenvalue weighted by Crippen LogP contribution is 2.33. The van der Waals surface area contributed by atoms with Crippen LogP contribution >= 0.6 is 24.0 Å². The van der Waals surface area contributed by atoms with E-state index in [2.05, 4.69) is 32.7 Å². The molecule has 0 atom stereocenters. The molecule has 0 fully saturated rings. The Hall–Kier alpha value is -2.24. The number of benzene rings is 1. The molecular formula is C18H29IN6O3. The van der Waals surface area contributed by atoms with E-state index < -0.39 is 0 Å². The van der Waals surface area contributed by atoms with Gasteiger partial charge in [-0.15, -0.1) is 34.2 Å². The molecule has 1 heterocycles. The number of aryl methyl sites for hydroxylation is 1. The van der Waals surface area contributed by atoms with E-state index in [0.29, 0.717) is 36.3 Å². The number of nitrogens with zero attached hydrogens (tertiary/aromatic N) is 4. The number of hydrogen-bond acceptors (Lipinski definition) is 6. The molecule has 0 spiro atoms. The van der Waals surface area contributed by atoms with Crippen LogP contribution < -0.4 is 24.8 Å². The van der Waals surface area contributed by atoms with Crippen molar-refractivity contribution in [1.29, 1.82) is 0 Å². The third kappa shape index (κ3) is 6.14. The van der Waals surface area contributed by atoms with Gasteiger partial charge in [0.05, 0.1) is 33.4 Å². The maximum absolute atomic E-state index is 5.47. The molecule has 10 heteroatoms. The first-order valence-electron chi connectivity index (χ1n) is 8.76. The second-order valence-corrected chi connectivity index (χ2v) is 5.66. The Labute approximate surface area is 182 Å². The zero-order valence-corrected chi connectivity index (χ0v) is 19.3. The molecule has 156 valence electrons. The lowest BCUT2D eigenvalue weighted by atomic mass is 10.1. The van der Waals surface area contributed by atoms with E-state index >= 15 is 0 Å². The lowest BCUT2D eigenvalue weighted by Crippen LogP contribution is -2.38. The van der Waals surface area contributed by atoms with E-state index in [0.717, 1.165) is 24.4 Å². The number of rotatable bonds is 9. The average molecular weight is 504 g/mol. The zero-order valence-electron chi connectivity index (χ0n) is 17.0. The maximum Gasteiger partial charge on any atom is 0.191 e. The monoisotopic (exact) mass is 504 g/mol. The standard InChI is InChI=1S/C18H28N6O3.HI/c1-6-17-23-22-12-24(17)8-7-20-18(19-2)21-11-14-15(26-4)9-13(25-3)10-16(14)27-5;/h9-10,12H,6-8,11H2,1-5H3,(H2,19,20,21);1H. The number of aromatic nitrogens is 3. The molecule has 1 aromatic heterocycles. The Kier molecular flexibility index (Phi) is 10.4. The molecule has 28 heavy (non-hydrogen) atoms. The molecular weight excluding hydrogens is 475 g/mol.